The van der Waals surface area contributed by atoms with Crippen LogP contribution in [-0.4, -0.2) is 39.0 Å². The highest BCUT2D eigenvalue weighted by atomic mass is 16.7. The highest BCUT2D eigenvalue weighted by molar-refractivity contribution is 5.44. The Labute approximate surface area is 186 Å². The Balaban J connectivity index is 1.53. The lowest BCUT2D eigenvalue weighted by molar-refractivity contribution is 0.0902. The van der Waals surface area contributed by atoms with Gasteiger partial charge in [0.25, 0.3) is 0 Å². The van der Waals surface area contributed by atoms with Crippen molar-refractivity contribution in [2.24, 2.45) is 5.92 Å². The molecule has 1 aliphatic heterocycles. The van der Waals surface area contributed by atoms with E-state index >= 15 is 0 Å². The molecule has 0 atom stereocenters. The van der Waals surface area contributed by atoms with Crippen LogP contribution in [0.25, 0.3) is 0 Å². The van der Waals surface area contributed by atoms with Crippen LogP contribution >= 0.6 is 0 Å². The van der Waals surface area contributed by atoms with Crippen LogP contribution < -0.4 is 9.47 Å². The molecule has 0 spiro atoms. The van der Waals surface area contributed by atoms with E-state index in [1.807, 2.05) is 6.07 Å². The predicted molar refractivity (Wildman–Crippen MR) is 121 cm³/mol. The fraction of sp³-hybridized carbons (Fsp3) is 0.640. The molecule has 1 aliphatic carbocycles. The Hall–Kier alpha value is -2.05. The summed E-state index contributed by atoms with van der Waals surface area (Å²) in [4.78, 5) is 7.36. The zero-order valence-electron chi connectivity index (χ0n) is 19.3. The zero-order chi connectivity index (χ0) is 21.8. The SMILES string of the molecule is CCCCn1c(C)nc(C)c1CN(Cc1ccc2c(c1)OCO2)CC1CCC(O)CC1. The predicted octanol–water partition coefficient (Wildman–Crippen LogP) is 4.58. The third-order valence-electron chi connectivity index (χ3n) is 6.75. The van der Waals surface area contributed by atoms with Gasteiger partial charge in [0.1, 0.15) is 5.82 Å². The molecule has 170 valence electrons. The van der Waals surface area contributed by atoms with E-state index < -0.39 is 0 Å². The van der Waals surface area contributed by atoms with Crippen molar-refractivity contribution in [2.45, 2.75) is 85.0 Å². The van der Waals surface area contributed by atoms with Crippen molar-refractivity contribution in [2.75, 3.05) is 13.3 Å². The summed E-state index contributed by atoms with van der Waals surface area (Å²) in [6.07, 6.45) is 6.30. The molecule has 0 radical (unpaired) electrons. The monoisotopic (exact) mass is 427 g/mol. The summed E-state index contributed by atoms with van der Waals surface area (Å²) < 4.78 is 13.5. The molecule has 0 amide bonds. The number of benzene rings is 1. The molecule has 2 aliphatic rings. The van der Waals surface area contributed by atoms with Gasteiger partial charge >= 0.3 is 0 Å². The number of hydrogen-bond acceptors (Lipinski definition) is 5. The Kier molecular flexibility index (Phi) is 7.18. The van der Waals surface area contributed by atoms with Crippen LogP contribution in [0.5, 0.6) is 11.5 Å². The number of aromatic nitrogens is 2. The number of unbranched alkanes of at least 4 members (excludes halogenated alkanes) is 1. The van der Waals surface area contributed by atoms with Crippen molar-refractivity contribution in [3.05, 3.63) is 41.0 Å². The van der Waals surface area contributed by atoms with Crippen molar-refractivity contribution in [3.8, 4) is 11.5 Å². The van der Waals surface area contributed by atoms with E-state index in [4.69, 9.17) is 14.5 Å². The number of aliphatic hydroxyl groups is 1. The maximum absolute atomic E-state index is 9.93. The average molecular weight is 428 g/mol. The summed E-state index contributed by atoms with van der Waals surface area (Å²) in [5.74, 6) is 3.43. The number of rotatable bonds is 9. The van der Waals surface area contributed by atoms with Gasteiger partial charge in [-0.2, -0.15) is 0 Å². The van der Waals surface area contributed by atoms with E-state index in [0.29, 0.717) is 12.7 Å². The molecule has 0 unspecified atom stereocenters. The van der Waals surface area contributed by atoms with Gasteiger partial charge in [0.05, 0.1) is 17.5 Å². The average Bonchev–Trinajstić information content (AvgIpc) is 3.32. The third-order valence-corrected chi connectivity index (χ3v) is 6.75. The first-order chi connectivity index (χ1) is 15.0. The Morgan fingerprint density at radius 1 is 1.10 bits per heavy atom. The third kappa shape index (κ3) is 5.42. The largest absolute Gasteiger partial charge is 0.454 e. The molecule has 2 heterocycles. The number of imidazole rings is 1. The van der Waals surface area contributed by atoms with Crippen LogP contribution in [0.2, 0.25) is 0 Å². The molecule has 1 aromatic carbocycles. The molecule has 1 fully saturated rings. The second kappa shape index (κ2) is 10.0. The summed E-state index contributed by atoms with van der Waals surface area (Å²) in [5.41, 5.74) is 3.72. The van der Waals surface area contributed by atoms with Crippen LogP contribution in [-0.2, 0) is 19.6 Å². The smallest absolute Gasteiger partial charge is 0.231 e. The number of aliphatic hydroxyl groups excluding tert-OH is 1. The van der Waals surface area contributed by atoms with Crippen LogP contribution in [0, 0.1) is 19.8 Å². The van der Waals surface area contributed by atoms with E-state index in [1.54, 1.807) is 0 Å². The van der Waals surface area contributed by atoms with Gasteiger partial charge in [-0.15, -0.1) is 0 Å². The van der Waals surface area contributed by atoms with Gasteiger partial charge in [-0.25, -0.2) is 4.98 Å². The molecular weight excluding hydrogens is 390 g/mol. The number of fused-ring (bicyclic) bond motifs is 1. The van der Waals surface area contributed by atoms with Gasteiger partial charge in [0.2, 0.25) is 6.79 Å². The molecule has 0 saturated heterocycles. The van der Waals surface area contributed by atoms with Crippen molar-refractivity contribution < 1.29 is 14.6 Å². The molecule has 6 heteroatoms. The van der Waals surface area contributed by atoms with Crippen molar-refractivity contribution in [1.82, 2.24) is 14.5 Å². The van der Waals surface area contributed by atoms with E-state index in [0.717, 1.165) is 74.9 Å². The van der Waals surface area contributed by atoms with Gasteiger partial charge in [-0.1, -0.05) is 19.4 Å². The molecule has 2 aromatic rings. The summed E-state index contributed by atoms with van der Waals surface area (Å²) in [7, 11) is 0. The Bertz CT molecular complexity index is 871. The van der Waals surface area contributed by atoms with Gasteiger partial charge in [0, 0.05) is 26.2 Å². The van der Waals surface area contributed by atoms with Crippen LogP contribution in [0.15, 0.2) is 18.2 Å². The summed E-state index contributed by atoms with van der Waals surface area (Å²) in [5, 5.41) is 9.93. The zero-order valence-corrected chi connectivity index (χ0v) is 19.3. The molecule has 1 aromatic heterocycles. The highest BCUT2D eigenvalue weighted by Gasteiger charge is 2.24. The quantitative estimate of drug-likeness (QED) is 0.635. The van der Waals surface area contributed by atoms with E-state index in [2.05, 4.69) is 42.4 Å². The Morgan fingerprint density at radius 2 is 1.87 bits per heavy atom. The first kappa shape index (κ1) is 22.2. The molecule has 4 rings (SSSR count). The summed E-state index contributed by atoms with van der Waals surface area (Å²) in [6.45, 7) is 10.6. The van der Waals surface area contributed by atoms with E-state index in [1.165, 1.54) is 24.1 Å². The van der Waals surface area contributed by atoms with Crippen LogP contribution in [0.4, 0.5) is 0 Å². The molecule has 0 bridgehead atoms. The fourth-order valence-corrected chi connectivity index (χ4v) is 4.96. The van der Waals surface area contributed by atoms with Crippen molar-refractivity contribution in [3.63, 3.8) is 0 Å². The normalized spacial score (nSPS) is 20.5. The molecule has 1 saturated carbocycles. The molecule has 6 nitrogen and oxygen atoms in total. The topological polar surface area (TPSA) is 59.8 Å². The second-order valence-electron chi connectivity index (χ2n) is 9.23. The first-order valence-corrected chi connectivity index (χ1v) is 11.8. The first-order valence-electron chi connectivity index (χ1n) is 11.8. The van der Waals surface area contributed by atoms with Crippen LogP contribution in [0.1, 0.15) is 68.2 Å². The highest BCUT2D eigenvalue weighted by Crippen LogP contribution is 2.33. The molecule has 31 heavy (non-hydrogen) atoms. The van der Waals surface area contributed by atoms with E-state index in [-0.39, 0.29) is 6.10 Å². The summed E-state index contributed by atoms with van der Waals surface area (Å²) in [6, 6.07) is 6.29. The number of aryl methyl sites for hydroxylation is 2. The number of nitrogens with zero attached hydrogens (tertiary/aromatic N) is 3. The Morgan fingerprint density at radius 3 is 2.65 bits per heavy atom. The molecular formula is C25H37N3O3. The minimum absolute atomic E-state index is 0.112. The lowest BCUT2D eigenvalue weighted by Crippen LogP contribution is -2.32. The number of ether oxygens (including phenoxy) is 2. The van der Waals surface area contributed by atoms with Gasteiger partial charge < -0.3 is 19.1 Å². The lowest BCUT2D eigenvalue weighted by atomic mass is 9.87. The fourth-order valence-electron chi connectivity index (χ4n) is 4.96. The maximum atomic E-state index is 9.93. The molecule has 1 N–H and O–H groups in total. The minimum atomic E-state index is -0.112. The summed E-state index contributed by atoms with van der Waals surface area (Å²) >= 11 is 0. The van der Waals surface area contributed by atoms with Gasteiger partial charge in [-0.3, -0.25) is 4.90 Å². The lowest BCUT2D eigenvalue weighted by Gasteiger charge is -2.32. The second-order valence-corrected chi connectivity index (χ2v) is 9.23. The van der Waals surface area contributed by atoms with Gasteiger partial charge in [0.15, 0.2) is 11.5 Å². The van der Waals surface area contributed by atoms with Crippen molar-refractivity contribution in [1.29, 1.82) is 0 Å². The van der Waals surface area contributed by atoms with Crippen molar-refractivity contribution >= 4 is 0 Å². The standard InChI is InChI=1S/C25H37N3O3/c1-4-5-12-28-19(3)26-18(2)23(28)16-27(14-20-6-9-22(29)10-7-20)15-21-8-11-24-25(13-21)31-17-30-24/h8,11,13,20,22,29H,4-7,9-10,12,14-17H2,1-3H3. The minimum Gasteiger partial charge on any atom is -0.454 e. The van der Waals surface area contributed by atoms with Crippen LogP contribution in [0.3, 0.4) is 0 Å². The van der Waals surface area contributed by atoms with E-state index in [9.17, 15) is 5.11 Å². The van der Waals surface area contributed by atoms with Gasteiger partial charge in [-0.05, 0) is 69.6 Å². The number of hydrogen-bond donors (Lipinski definition) is 1. The maximum Gasteiger partial charge on any atom is 0.231 e.